The van der Waals surface area contributed by atoms with E-state index in [0.717, 1.165) is 38.5 Å². The second-order valence-corrected chi connectivity index (χ2v) is 11.3. The van der Waals surface area contributed by atoms with Crippen LogP contribution in [0, 0.1) is 35.0 Å². The zero-order chi connectivity index (χ0) is 23.5. The van der Waals surface area contributed by atoms with Crippen LogP contribution in [0.3, 0.4) is 0 Å². The zero-order valence-electron chi connectivity index (χ0n) is 20.7. The van der Waals surface area contributed by atoms with E-state index in [-0.39, 0.29) is 23.0 Å². The third-order valence-electron chi connectivity index (χ3n) is 9.39. The normalized spacial score (nSPS) is 37.4. The lowest BCUT2D eigenvalue weighted by molar-refractivity contribution is -0.118. The Kier molecular flexibility index (Phi) is 5.37. The molecule has 0 radical (unpaired) electrons. The van der Waals surface area contributed by atoms with E-state index in [1.54, 1.807) is 5.57 Å². The van der Waals surface area contributed by atoms with Crippen molar-refractivity contribution in [2.24, 2.45) is 23.2 Å². The van der Waals surface area contributed by atoms with Crippen LogP contribution < -0.4 is 4.90 Å². The van der Waals surface area contributed by atoms with Crippen LogP contribution in [-0.4, -0.2) is 30.6 Å². The topological polar surface area (TPSA) is 40.5 Å². The van der Waals surface area contributed by atoms with Crippen molar-refractivity contribution >= 4 is 11.5 Å². The number of carbonyl (C=O) groups is 1. The minimum absolute atomic E-state index is 0.0616. The third-order valence-corrected chi connectivity index (χ3v) is 9.39. The van der Waals surface area contributed by atoms with Gasteiger partial charge in [0.1, 0.15) is 5.60 Å². The van der Waals surface area contributed by atoms with E-state index in [9.17, 15) is 9.90 Å². The number of hydrogen-bond donors (Lipinski definition) is 1. The molecular formula is C30H37NO2. The van der Waals surface area contributed by atoms with Gasteiger partial charge in [0.2, 0.25) is 0 Å². The molecule has 3 heteroatoms. The van der Waals surface area contributed by atoms with Crippen LogP contribution in [0.4, 0.5) is 5.69 Å². The van der Waals surface area contributed by atoms with Crippen LogP contribution in [0.15, 0.2) is 47.1 Å². The summed E-state index contributed by atoms with van der Waals surface area (Å²) in [5, 5.41) is 11.8. The fraction of sp³-hybridized carbons (Fsp3) is 0.567. The van der Waals surface area contributed by atoms with Crippen LogP contribution in [0.25, 0.3) is 0 Å². The highest BCUT2D eigenvalue weighted by atomic mass is 16.3. The SMILES string of the molecule is CC#C[C@@]1(O)CC[C@H]2[C@@H]3CCC4=CC(=O)[C@H](C)CC4=C3[C@@H](c3ccc(N(C)C)cc3)C[C@@]21C. The van der Waals surface area contributed by atoms with E-state index in [0.29, 0.717) is 11.8 Å². The van der Waals surface area contributed by atoms with Crippen molar-refractivity contribution in [2.45, 2.75) is 70.8 Å². The summed E-state index contributed by atoms with van der Waals surface area (Å²) in [6, 6.07) is 8.99. The van der Waals surface area contributed by atoms with Gasteiger partial charge in [-0.25, -0.2) is 0 Å². The maximum atomic E-state index is 12.5. The van der Waals surface area contributed by atoms with Gasteiger partial charge in [0.15, 0.2) is 5.78 Å². The number of fused-ring (bicyclic) bond motifs is 4. The third kappa shape index (κ3) is 3.33. The highest BCUT2D eigenvalue weighted by molar-refractivity contribution is 5.94. The summed E-state index contributed by atoms with van der Waals surface area (Å²) < 4.78 is 0. The molecule has 0 saturated heterocycles. The van der Waals surface area contributed by atoms with Crippen molar-refractivity contribution in [1.82, 2.24) is 0 Å². The van der Waals surface area contributed by atoms with Gasteiger partial charge < -0.3 is 10.0 Å². The van der Waals surface area contributed by atoms with Crippen LogP contribution >= 0.6 is 0 Å². The predicted octanol–water partition coefficient (Wildman–Crippen LogP) is 5.65. The Morgan fingerprint density at radius 2 is 1.88 bits per heavy atom. The van der Waals surface area contributed by atoms with Crippen LogP contribution in [0.1, 0.15) is 70.8 Å². The maximum Gasteiger partial charge on any atom is 0.159 e. The van der Waals surface area contributed by atoms with Crippen LogP contribution in [0.2, 0.25) is 0 Å². The molecular weight excluding hydrogens is 406 g/mol. The summed E-state index contributed by atoms with van der Waals surface area (Å²) in [6.07, 6.45) is 7.58. The number of carbonyl (C=O) groups excluding carboxylic acids is 1. The lowest BCUT2D eigenvalue weighted by atomic mass is 9.51. The molecule has 33 heavy (non-hydrogen) atoms. The lowest BCUT2D eigenvalue weighted by Gasteiger charge is -2.54. The number of nitrogens with zero attached hydrogens (tertiary/aromatic N) is 1. The lowest BCUT2D eigenvalue weighted by Crippen LogP contribution is -2.51. The molecule has 5 rings (SSSR count). The molecule has 3 nitrogen and oxygen atoms in total. The smallest absolute Gasteiger partial charge is 0.159 e. The van der Waals surface area contributed by atoms with E-state index in [1.165, 1.54) is 22.4 Å². The Labute approximate surface area is 199 Å². The average Bonchev–Trinajstić information content (AvgIpc) is 3.04. The van der Waals surface area contributed by atoms with Gasteiger partial charge in [-0.2, -0.15) is 0 Å². The maximum absolute atomic E-state index is 12.5. The number of allylic oxidation sites excluding steroid dienone is 4. The van der Waals surface area contributed by atoms with E-state index < -0.39 is 5.60 Å². The Hall–Kier alpha value is -2.31. The number of anilines is 1. The highest BCUT2D eigenvalue weighted by Gasteiger charge is 2.62. The van der Waals surface area contributed by atoms with Gasteiger partial charge in [0.05, 0.1) is 0 Å². The van der Waals surface area contributed by atoms with Crippen molar-refractivity contribution in [1.29, 1.82) is 0 Å². The molecule has 6 atom stereocenters. The van der Waals surface area contributed by atoms with Gasteiger partial charge in [-0.1, -0.05) is 37.5 Å². The van der Waals surface area contributed by atoms with Gasteiger partial charge in [-0.15, -0.1) is 5.92 Å². The van der Waals surface area contributed by atoms with Gasteiger partial charge in [0, 0.05) is 37.0 Å². The molecule has 4 aliphatic rings. The predicted molar refractivity (Wildman–Crippen MR) is 134 cm³/mol. The Morgan fingerprint density at radius 1 is 1.15 bits per heavy atom. The molecule has 1 N–H and O–H groups in total. The molecule has 0 bridgehead atoms. The fourth-order valence-corrected chi connectivity index (χ4v) is 7.53. The number of hydrogen-bond acceptors (Lipinski definition) is 3. The van der Waals surface area contributed by atoms with Gasteiger partial charge >= 0.3 is 0 Å². The first-order chi connectivity index (χ1) is 15.7. The Bertz CT molecular complexity index is 1100. The minimum Gasteiger partial charge on any atom is -0.378 e. The van der Waals surface area contributed by atoms with Gasteiger partial charge in [0.25, 0.3) is 0 Å². The molecule has 1 aromatic carbocycles. The molecule has 174 valence electrons. The van der Waals surface area contributed by atoms with Gasteiger partial charge in [-0.05, 0) is 92.2 Å². The fourth-order valence-electron chi connectivity index (χ4n) is 7.53. The minimum atomic E-state index is -0.920. The molecule has 2 fully saturated rings. The molecule has 0 amide bonds. The van der Waals surface area contributed by atoms with Crippen LogP contribution in [0.5, 0.6) is 0 Å². The highest BCUT2D eigenvalue weighted by Crippen LogP contribution is 2.66. The summed E-state index contributed by atoms with van der Waals surface area (Å²) in [5.74, 6) is 7.80. The van der Waals surface area contributed by atoms with Crippen LogP contribution in [-0.2, 0) is 4.79 Å². The number of aliphatic hydroxyl groups is 1. The molecule has 0 spiro atoms. The van der Waals surface area contributed by atoms with Gasteiger partial charge in [-0.3, -0.25) is 4.79 Å². The number of rotatable bonds is 2. The zero-order valence-corrected chi connectivity index (χ0v) is 20.7. The molecule has 0 aliphatic heterocycles. The van der Waals surface area contributed by atoms with E-state index in [1.807, 2.05) is 13.0 Å². The number of ketones is 1. The summed E-state index contributed by atoms with van der Waals surface area (Å²) in [5.41, 5.74) is 5.69. The molecule has 0 aromatic heterocycles. The summed E-state index contributed by atoms with van der Waals surface area (Å²) in [4.78, 5) is 14.6. The van der Waals surface area contributed by atoms with Crippen molar-refractivity contribution in [3.8, 4) is 11.8 Å². The average molecular weight is 444 g/mol. The Balaban J connectivity index is 1.68. The molecule has 1 aromatic rings. The largest absolute Gasteiger partial charge is 0.378 e. The summed E-state index contributed by atoms with van der Waals surface area (Å²) in [6.45, 7) is 6.22. The van der Waals surface area contributed by atoms with Crippen molar-refractivity contribution in [3.63, 3.8) is 0 Å². The first kappa shape index (κ1) is 22.5. The first-order valence-electron chi connectivity index (χ1n) is 12.6. The van der Waals surface area contributed by atoms with E-state index in [2.05, 4.69) is 68.9 Å². The summed E-state index contributed by atoms with van der Waals surface area (Å²) in [7, 11) is 4.14. The first-order valence-corrected chi connectivity index (χ1v) is 12.6. The monoisotopic (exact) mass is 443 g/mol. The second kappa shape index (κ2) is 7.88. The second-order valence-electron chi connectivity index (χ2n) is 11.3. The Morgan fingerprint density at radius 3 is 2.55 bits per heavy atom. The molecule has 0 unspecified atom stereocenters. The quantitative estimate of drug-likeness (QED) is 0.600. The van der Waals surface area contributed by atoms with E-state index >= 15 is 0 Å². The van der Waals surface area contributed by atoms with Crippen molar-refractivity contribution in [3.05, 3.63) is 52.6 Å². The van der Waals surface area contributed by atoms with E-state index in [4.69, 9.17) is 0 Å². The summed E-state index contributed by atoms with van der Waals surface area (Å²) >= 11 is 0. The molecule has 0 heterocycles. The number of benzene rings is 1. The van der Waals surface area contributed by atoms with Crippen molar-refractivity contribution < 1.29 is 9.90 Å². The molecule has 4 aliphatic carbocycles. The van der Waals surface area contributed by atoms with Crippen molar-refractivity contribution in [2.75, 3.05) is 19.0 Å². The standard InChI is InChI=1S/C30H37NO2/c1-6-14-30(33)15-13-26-23-12-9-21-17-27(32)19(2)16-24(21)28(23)25(18-29(26,30)3)20-7-10-22(11-8-20)31(4)5/h7-8,10-11,17,19,23,25-26,33H,9,12-13,15-16,18H2,1-5H3/t19-,23+,25-,26+,29+,30-/m1/s1. The molecule has 2 saturated carbocycles.